The maximum atomic E-state index is 12.4. The zero-order valence-corrected chi connectivity index (χ0v) is 15.3. The van der Waals surface area contributed by atoms with E-state index in [2.05, 4.69) is 36.3 Å². The minimum Gasteiger partial charge on any atom is -0.497 e. The number of hydrogen-bond donors (Lipinski definition) is 1. The Bertz CT molecular complexity index is 895. The summed E-state index contributed by atoms with van der Waals surface area (Å²) in [5.41, 5.74) is 2.76. The van der Waals surface area contributed by atoms with Gasteiger partial charge in [0.05, 0.1) is 31.1 Å². The van der Waals surface area contributed by atoms with Crippen LogP contribution in [0.3, 0.4) is 0 Å². The van der Waals surface area contributed by atoms with Gasteiger partial charge in [-0.05, 0) is 40.2 Å². The van der Waals surface area contributed by atoms with Crippen LogP contribution in [0, 0.1) is 0 Å². The lowest BCUT2D eigenvalue weighted by Gasteiger charge is -2.08. The fourth-order valence-corrected chi connectivity index (χ4v) is 2.73. The SMILES string of the molecule is COc1ccc(Br)c(C(=O)NCc2cc(-c3cnccn3)nn2C)c1. The second-order valence-electron chi connectivity index (χ2n) is 5.26. The lowest BCUT2D eigenvalue weighted by atomic mass is 10.2. The Balaban J connectivity index is 1.74. The van der Waals surface area contributed by atoms with Gasteiger partial charge in [-0.3, -0.25) is 19.4 Å². The normalized spacial score (nSPS) is 10.5. The first-order valence-corrected chi connectivity index (χ1v) is 8.29. The van der Waals surface area contributed by atoms with Gasteiger partial charge in [-0.15, -0.1) is 0 Å². The molecule has 0 aliphatic heterocycles. The van der Waals surface area contributed by atoms with E-state index < -0.39 is 0 Å². The molecule has 2 aromatic heterocycles. The molecule has 0 radical (unpaired) electrons. The van der Waals surface area contributed by atoms with Gasteiger partial charge >= 0.3 is 0 Å². The summed E-state index contributed by atoms with van der Waals surface area (Å²) in [6.07, 6.45) is 4.88. The highest BCUT2D eigenvalue weighted by Crippen LogP contribution is 2.22. The number of hydrogen-bond acceptors (Lipinski definition) is 5. The van der Waals surface area contributed by atoms with Crippen molar-refractivity contribution in [1.29, 1.82) is 0 Å². The number of methoxy groups -OCH3 is 1. The molecule has 1 N–H and O–H groups in total. The van der Waals surface area contributed by atoms with Gasteiger partial charge in [-0.25, -0.2) is 0 Å². The largest absolute Gasteiger partial charge is 0.497 e. The number of rotatable bonds is 5. The van der Waals surface area contributed by atoms with Crippen LogP contribution in [0.25, 0.3) is 11.4 Å². The molecule has 128 valence electrons. The van der Waals surface area contributed by atoms with Crippen LogP contribution in [0.15, 0.2) is 47.3 Å². The molecule has 0 unspecified atom stereocenters. The van der Waals surface area contributed by atoms with Crippen molar-refractivity contribution in [1.82, 2.24) is 25.1 Å². The average Bonchev–Trinajstić information content (AvgIpc) is 3.01. The van der Waals surface area contributed by atoms with E-state index in [0.717, 1.165) is 5.69 Å². The number of nitrogens with one attached hydrogen (secondary N) is 1. The summed E-state index contributed by atoms with van der Waals surface area (Å²) in [6.45, 7) is 0.340. The van der Waals surface area contributed by atoms with Crippen LogP contribution in [0.5, 0.6) is 5.75 Å². The summed E-state index contributed by atoms with van der Waals surface area (Å²) >= 11 is 3.39. The topological polar surface area (TPSA) is 81.9 Å². The second-order valence-corrected chi connectivity index (χ2v) is 6.12. The van der Waals surface area contributed by atoms with Crippen LogP contribution in [0.4, 0.5) is 0 Å². The fourth-order valence-electron chi connectivity index (χ4n) is 2.30. The van der Waals surface area contributed by atoms with Gasteiger partial charge in [0.25, 0.3) is 5.91 Å². The zero-order chi connectivity index (χ0) is 17.8. The van der Waals surface area contributed by atoms with Gasteiger partial charge in [0, 0.05) is 23.9 Å². The second kappa shape index (κ2) is 7.43. The van der Waals surface area contributed by atoms with Crippen molar-refractivity contribution in [3.63, 3.8) is 0 Å². The van der Waals surface area contributed by atoms with Crippen molar-refractivity contribution in [2.24, 2.45) is 7.05 Å². The summed E-state index contributed by atoms with van der Waals surface area (Å²) in [4.78, 5) is 20.7. The molecule has 8 heteroatoms. The lowest BCUT2D eigenvalue weighted by molar-refractivity contribution is 0.0949. The van der Waals surface area contributed by atoms with Crippen LogP contribution >= 0.6 is 15.9 Å². The third-order valence-electron chi connectivity index (χ3n) is 3.65. The van der Waals surface area contributed by atoms with Gasteiger partial charge in [-0.1, -0.05) is 0 Å². The van der Waals surface area contributed by atoms with Gasteiger partial charge in [0.15, 0.2) is 0 Å². The first-order valence-electron chi connectivity index (χ1n) is 7.49. The lowest BCUT2D eigenvalue weighted by Crippen LogP contribution is -2.24. The number of carbonyl (C=O) groups is 1. The van der Waals surface area contributed by atoms with Crippen molar-refractivity contribution in [3.8, 4) is 17.1 Å². The molecule has 1 amide bonds. The van der Waals surface area contributed by atoms with Crippen LogP contribution in [-0.4, -0.2) is 32.8 Å². The van der Waals surface area contributed by atoms with Crippen LogP contribution in [-0.2, 0) is 13.6 Å². The van der Waals surface area contributed by atoms with Crippen molar-refractivity contribution in [3.05, 3.63) is 58.6 Å². The molecular formula is C17H16BrN5O2. The number of amides is 1. The van der Waals surface area contributed by atoms with E-state index in [0.29, 0.717) is 33.7 Å². The molecule has 0 saturated carbocycles. The van der Waals surface area contributed by atoms with Crippen molar-refractivity contribution in [2.45, 2.75) is 6.54 Å². The van der Waals surface area contributed by atoms with E-state index in [1.807, 2.05) is 13.1 Å². The molecule has 1 aromatic carbocycles. The number of ether oxygens (including phenoxy) is 1. The van der Waals surface area contributed by atoms with E-state index >= 15 is 0 Å². The average molecular weight is 402 g/mol. The molecule has 0 aliphatic rings. The highest BCUT2D eigenvalue weighted by Gasteiger charge is 2.13. The summed E-state index contributed by atoms with van der Waals surface area (Å²) < 4.78 is 7.58. The third-order valence-corrected chi connectivity index (χ3v) is 4.34. The Kier molecular flexibility index (Phi) is 5.08. The van der Waals surface area contributed by atoms with E-state index in [9.17, 15) is 4.79 Å². The highest BCUT2D eigenvalue weighted by atomic mass is 79.9. The predicted octanol–water partition coefficient (Wildman–Crippen LogP) is 2.58. The summed E-state index contributed by atoms with van der Waals surface area (Å²) in [5.74, 6) is 0.423. The minimum atomic E-state index is -0.201. The molecule has 7 nitrogen and oxygen atoms in total. The molecule has 0 atom stereocenters. The number of aryl methyl sites for hydroxylation is 1. The van der Waals surface area contributed by atoms with Crippen LogP contribution in [0.2, 0.25) is 0 Å². The van der Waals surface area contributed by atoms with E-state index in [1.54, 1.807) is 48.6 Å². The predicted molar refractivity (Wildman–Crippen MR) is 96.1 cm³/mol. The van der Waals surface area contributed by atoms with Crippen molar-refractivity contribution in [2.75, 3.05) is 7.11 Å². The Morgan fingerprint density at radius 3 is 2.84 bits per heavy atom. The van der Waals surface area contributed by atoms with Gasteiger partial charge in [0.1, 0.15) is 17.1 Å². The molecule has 25 heavy (non-hydrogen) atoms. The summed E-state index contributed by atoms with van der Waals surface area (Å²) in [5, 5.41) is 7.30. The maximum Gasteiger partial charge on any atom is 0.252 e. The first kappa shape index (κ1) is 17.1. The molecule has 0 aliphatic carbocycles. The molecule has 3 aromatic rings. The number of benzene rings is 1. The zero-order valence-electron chi connectivity index (χ0n) is 13.7. The van der Waals surface area contributed by atoms with Crippen molar-refractivity contribution >= 4 is 21.8 Å². The highest BCUT2D eigenvalue weighted by molar-refractivity contribution is 9.10. The van der Waals surface area contributed by atoms with Gasteiger partial charge in [0.2, 0.25) is 0 Å². The van der Waals surface area contributed by atoms with E-state index in [1.165, 1.54) is 0 Å². The Labute approximate surface area is 153 Å². The Morgan fingerprint density at radius 2 is 2.12 bits per heavy atom. The number of carbonyl (C=O) groups excluding carboxylic acids is 1. The van der Waals surface area contributed by atoms with Crippen LogP contribution in [0.1, 0.15) is 16.1 Å². The molecule has 0 fully saturated rings. The quantitative estimate of drug-likeness (QED) is 0.710. The smallest absolute Gasteiger partial charge is 0.252 e. The monoisotopic (exact) mass is 401 g/mol. The molecular weight excluding hydrogens is 386 g/mol. The molecule has 0 saturated heterocycles. The van der Waals surface area contributed by atoms with Crippen molar-refractivity contribution < 1.29 is 9.53 Å². The third kappa shape index (κ3) is 3.85. The summed E-state index contributed by atoms with van der Waals surface area (Å²) in [6, 6.07) is 7.14. The molecule has 2 heterocycles. The Hall–Kier alpha value is -2.74. The Morgan fingerprint density at radius 1 is 1.28 bits per heavy atom. The first-order chi connectivity index (χ1) is 12.1. The van der Waals surface area contributed by atoms with E-state index in [-0.39, 0.29) is 5.91 Å². The fraction of sp³-hybridized carbons (Fsp3) is 0.176. The molecule has 0 bridgehead atoms. The number of halogens is 1. The number of aromatic nitrogens is 4. The number of nitrogens with zero attached hydrogens (tertiary/aromatic N) is 4. The molecule has 0 spiro atoms. The standard InChI is InChI=1S/C17H16BrN5O2/c1-23-11(7-15(22-23)16-10-19-5-6-20-16)9-21-17(24)13-8-12(25-2)3-4-14(13)18/h3-8,10H,9H2,1-2H3,(H,21,24). The molecule has 3 rings (SSSR count). The van der Waals surface area contributed by atoms with Gasteiger partial charge in [-0.2, -0.15) is 5.10 Å². The van der Waals surface area contributed by atoms with E-state index in [4.69, 9.17) is 4.74 Å². The minimum absolute atomic E-state index is 0.201. The van der Waals surface area contributed by atoms with Crippen LogP contribution < -0.4 is 10.1 Å². The maximum absolute atomic E-state index is 12.4. The van der Waals surface area contributed by atoms with Gasteiger partial charge < -0.3 is 10.1 Å². The summed E-state index contributed by atoms with van der Waals surface area (Å²) in [7, 11) is 3.39.